The molecule has 1 fully saturated rings. The van der Waals surface area contributed by atoms with Gasteiger partial charge in [0.15, 0.2) is 0 Å². The summed E-state index contributed by atoms with van der Waals surface area (Å²) in [5, 5.41) is 10.3. The zero-order valence-corrected chi connectivity index (χ0v) is 14.6. The van der Waals surface area contributed by atoms with Crippen LogP contribution in [-0.4, -0.2) is 46.8 Å². The van der Waals surface area contributed by atoms with E-state index in [4.69, 9.17) is 16.3 Å². The number of amides is 1. The van der Waals surface area contributed by atoms with Crippen LogP contribution < -0.4 is 0 Å². The number of aryl methyl sites for hydroxylation is 1. The molecule has 1 aliphatic rings. The lowest BCUT2D eigenvalue weighted by Gasteiger charge is -2.41. The molecule has 1 N–H and O–H groups in total. The Morgan fingerprint density at radius 3 is 2.88 bits per heavy atom. The minimum absolute atomic E-state index is 0.0236. The molecule has 0 spiro atoms. The topological polar surface area (TPSA) is 62.7 Å². The third-order valence-corrected chi connectivity index (χ3v) is 4.77. The molecule has 0 saturated carbocycles. The average Bonchev–Trinajstić information content (AvgIpc) is 2.67. The van der Waals surface area contributed by atoms with Crippen LogP contribution in [0.1, 0.15) is 23.6 Å². The molecule has 1 amide bonds. The minimum atomic E-state index is -0.476. The van der Waals surface area contributed by atoms with Gasteiger partial charge in [-0.05, 0) is 29.7 Å². The van der Waals surface area contributed by atoms with E-state index in [9.17, 15) is 9.90 Å². The molecule has 0 unspecified atom stereocenters. The summed E-state index contributed by atoms with van der Waals surface area (Å²) in [5.41, 5.74) is 1.83. The standard InChI is InChI=1S/C19H21ClN2O3/c20-16-6-2-1-5-15(16)19-17(13-23)25-11-10-22(19)18(24)8-7-14-4-3-9-21-12-14/h1-6,9,12,17,19,23H,7-8,10-11,13H2/t17-,19-/m0/s1. The maximum absolute atomic E-state index is 12.9. The fraction of sp³-hybridized carbons (Fsp3) is 0.368. The van der Waals surface area contributed by atoms with Gasteiger partial charge in [-0.1, -0.05) is 35.9 Å². The van der Waals surface area contributed by atoms with Crippen molar-refractivity contribution in [3.63, 3.8) is 0 Å². The summed E-state index contributed by atoms with van der Waals surface area (Å²) in [6.45, 7) is 0.728. The Hall–Kier alpha value is -1.95. The van der Waals surface area contributed by atoms with Gasteiger partial charge in [0.05, 0.1) is 19.3 Å². The number of nitrogens with zero attached hydrogens (tertiary/aromatic N) is 2. The monoisotopic (exact) mass is 360 g/mol. The zero-order chi connectivity index (χ0) is 17.6. The lowest BCUT2D eigenvalue weighted by molar-refractivity contribution is -0.149. The van der Waals surface area contributed by atoms with Crippen molar-refractivity contribution in [1.29, 1.82) is 0 Å². The van der Waals surface area contributed by atoms with Gasteiger partial charge in [-0.15, -0.1) is 0 Å². The number of carbonyl (C=O) groups is 1. The zero-order valence-electron chi connectivity index (χ0n) is 13.8. The number of halogens is 1. The number of hydrogen-bond donors (Lipinski definition) is 1. The number of benzene rings is 1. The molecule has 25 heavy (non-hydrogen) atoms. The molecule has 1 aromatic carbocycles. The van der Waals surface area contributed by atoms with Crippen LogP contribution in [0.25, 0.3) is 0 Å². The molecule has 5 nitrogen and oxygen atoms in total. The number of hydrogen-bond acceptors (Lipinski definition) is 4. The van der Waals surface area contributed by atoms with Gasteiger partial charge in [-0.25, -0.2) is 0 Å². The van der Waals surface area contributed by atoms with Gasteiger partial charge in [0.25, 0.3) is 0 Å². The van der Waals surface area contributed by atoms with E-state index in [0.29, 0.717) is 31.0 Å². The summed E-state index contributed by atoms with van der Waals surface area (Å²) in [5.74, 6) is 0.0236. The minimum Gasteiger partial charge on any atom is -0.394 e. The Morgan fingerprint density at radius 1 is 1.32 bits per heavy atom. The third-order valence-electron chi connectivity index (χ3n) is 4.43. The summed E-state index contributed by atoms with van der Waals surface area (Å²) < 4.78 is 5.68. The van der Waals surface area contributed by atoms with Crippen LogP contribution in [0, 0.1) is 0 Å². The molecule has 1 aliphatic heterocycles. The molecule has 132 valence electrons. The van der Waals surface area contributed by atoms with E-state index in [1.165, 1.54) is 0 Å². The summed E-state index contributed by atoms with van der Waals surface area (Å²) >= 11 is 6.34. The molecule has 1 saturated heterocycles. The number of ether oxygens (including phenoxy) is 1. The number of aliphatic hydroxyl groups excluding tert-OH is 1. The second-order valence-corrected chi connectivity index (χ2v) is 6.41. The highest BCUT2D eigenvalue weighted by Gasteiger charge is 2.36. The van der Waals surface area contributed by atoms with E-state index in [-0.39, 0.29) is 18.6 Å². The lowest BCUT2D eigenvalue weighted by atomic mass is 9.97. The third kappa shape index (κ3) is 4.18. The highest BCUT2D eigenvalue weighted by atomic mass is 35.5. The normalized spacial score (nSPS) is 20.5. The van der Waals surface area contributed by atoms with E-state index in [0.717, 1.165) is 11.1 Å². The van der Waals surface area contributed by atoms with Gasteiger partial charge in [0.2, 0.25) is 5.91 Å². The van der Waals surface area contributed by atoms with Crippen LogP contribution in [-0.2, 0) is 16.0 Å². The number of morpholine rings is 1. The molecule has 2 aromatic rings. The second kappa shape index (κ2) is 8.43. The van der Waals surface area contributed by atoms with Gasteiger partial charge in [0, 0.05) is 30.4 Å². The largest absolute Gasteiger partial charge is 0.394 e. The first-order valence-electron chi connectivity index (χ1n) is 8.36. The SMILES string of the molecule is O=C(CCc1cccnc1)N1CCO[C@@H](CO)[C@@H]1c1ccccc1Cl. The molecule has 1 aromatic heterocycles. The van der Waals surface area contributed by atoms with Crippen LogP contribution in [0.5, 0.6) is 0 Å². The van der Waals surface area contributed by atoms with Crippen LogP contribution in [0.15, 0.2) is 48.8 Å². The smallest absolute Gasteiger partial charge is 0.223 e. The molecular weight excluding hydrogens is 340 g/mol. The van der Waals surface area contributed by atoms with Crippen LogP contribution in [0.4, 0.5) is 0 Å². The number of pyridine rings is 1. The van der Waals surface area contributed by atoms with Crippen molar-refractivity contribution in [2.24, 2.45) is 0 Å². The van der Waals surface area contributed by atoms with Crippen molar-refractivity contribution < 1.29 is 14.6 Å². The number of aliphatic hydroxyl groups is 1. The molecule has 2 atom stereocenters. The predicted molar refractivity (Wildman–Crippen MR) is 95.3 cm³/mol. The summed E-state index contributed by atoms with van der Waals surface area (Å²) in [7, 11) is 0. The van der Waals surface area contributed by atoms with Gasteiger partial charge >= 0.3 is 0 Å². The fourth-order valence-corrected chi connectivity index (χ4v) is 3.44. The highest BCUT2D eigenvalue weighted by Crippen LogP contribution is 2.34. The first-order valence-corrected chi connectivity index (χ1v) is 8.73. The van der Waals surface area contributed by atoms with E-state index in [1.807, 2.05) is 30.3 Å². The molecule has 3 rings (SSSR count). The van der Waals surface area contributed by atoms with Gasteiger partial charge in [0.1, 0.15) is 6.10 Å². The molecule has 0 aliphatic carbocycles. The Morgan fingerprint density at radius 2 is 2.16 bits per heavy atom. The molecule has 6 heteroatoms. The van der Waals surface area contributed by atoms with Crippen molar-refractivity contribution >= 4 is 17.5 Å². The lowest BCUT2D eigenvalue weighted by Crippen LogP contribution is -2.49. The van der Waals surface area contributed by atoms with Gasteiger partial charge < -0.3 is 14.7 Å². The first kappa shape index (κ1) is 17.9. The highest BCUT2D eigenvalue weighted by molar-refractivity contribution is 6.31. The number of rotatable bonds is 5. The number of carbonyl (C=O) groups excluding carboxylic acids is 1. The van der Waals surface area contributed by atoms with E-state index < -0.39 is 6.10 Å². The van der Waals surface area contributed by atoms with Crippen molar-refractivity contribution in [3.05, 3.63) is 64.9 Å². The van der Waals surface area contributed by atoms with Gasteiger partial charge in [-0.2, -0.15) is 0 Å². The van der Waals surface area contributed by atoms with E-state index in [1.54, 1.807) is 23.4 Å². The van der Waals surface area contributed by atoms with Crippen LogP contribution >= 0.6 is 11.6 Å². The number of aromatic nitrogens is 1. The Labute approximate surface area is 152 Å². The first-order chi connectivity index (χ1) is 12.2. The maximum atomic E-state index is 12.9. The Bertz CT molecular complexity index is 711. The quantitative estimate of drug-likeness (QED) is 0.890. The van der Waals surface area contributed by atoms with Crippen molar-refractivity contribution in [3.8, 4) is 0 Å². The molecule has 2 heterocycles. The summed E-state index contributed by atoms with van der Waals surface area (Å²) in [4.78, 5) is 18.7. The molecule has 0 bridgehead atoms. The molecule has 0 radical (unpaired) electrons. The Kier molecular flexibility index (Phi) is 6.02. The van der Waals surface area contributed by atoms with Crippen molar-refractivity contribution in [1.82, 2.24) is 9.88 Å². The van der Waals surface area contributed by atoms with Crippen molar-refractivity contribution in [2.75, 3.05) is 19.8 Å². The predicted octanol–water partition coefficient (Wildman–Crippen LogP) is 2.63. The summed E-state index contributed by atoms with van der Waals surface area (Å²) in [6.07, 6.45) is 4.02. The van der Waals surface area contributed by atoms with E-state index in [2.05, 4.69) is 4.98 Å². The van der Waals surface area contributed by atoms with E-state index >= 15 is 0 Å². The maximum Gasteiger partial charge on any atom is 0.223 e. The second-order valence-electron chi connectivity index (χ2n) is 6.01. The van der Waals surface area contributed by atoms with Crippen LogP contribution in [0.3, 0.4) is 0 Å². The summed E-state index contributed by atoms with van der Waals surface area (Å²) in [6, 6.07) is 10.8. The Balaban J connectivity index is 1.79. The molecular formula is C19H21ClN2O3. The van der Waals surface area contributed by atoms with Crippen molar-refractivity contribution in [2.45, 2.75) is 25.0 Å². The fourth-order valence-electron chi connectivity index (χ4n) is 3.19. The van der Waals surface area contributed by atoms with Gasteiger partial charge in [-0.3, -0.25) is 9.78 Å². The average molecular weight is 361 g/mol. The van der Waals surface area contributed by atoms with Crippen LogP contribution in [0.2, 0.25) is 5.02 Å².